The Morgan fingerprint density at radius 3 is 2.87 bits per heavy atom. The van der Waals surface area contributed by atoms with Crippen molar-refractivity contribution in [2.75, 3.05) is 7.11 Å². The number of nitrogens with one attached hydrogen (secondary N) is 1. The smallest absolute Gasteiger partial charge is 0.150 e. The fourth-order valence-electron chi connectivity index (χ4n) is 2.08. The van der Waals surface area contributed by atoms with Crippen LogP contribution >= 0.6 is 0 Å². The molecule has 15 heavy (non-hydrogen) atoms. The van der Waals surface area contributed by atoms with Crippen LogP contribution in [-0.4, -0.2) is 24.4 Å². The quantitative estimate of drug-likeness (QED) is 0.822. The molecule has 0 amide bonds. The molecular formula is C11H18N2O2. The Kier molecular flexibility index (Phi) is 3.75. The lowest BCUT2D eigenvalue weighted by molar-refractivity contribution is 0.0621. The number of hydrogen-bond donors (Lipinski definition) is 1. The van der Waals surface area contributed by atoms with E-state index in [9.17, 15) is 0 Å². The van der Waals surface area contributed by atoms with Crippen molar-refractivity contribution in [3.8, 4) is 0 Å². The zero-order chi connectivity index (χ0) is 10.5. The maximum atomic E-state index is 5.33. The van der Waals surface area contributed by atoms with Crippen molar-refractivity contribution in [2.24, 2.45) is 0 Å². The third-order valence-electron chi connectivity index (χ3n) is 3.06. The van der Waals surface area contributed by atoms with E-state index in [1.54, 1.807) is 13.3 Å². The van der Waals surface area contributed by atoms with Crippen LogP contribution in [0.4, 0.5) is 0 Å². The maximum absolute atomic E-state index is 5.33. The summed E-state index contributed by atoms with van der Waals surface area (Å²) in [6.45, 7) is 0.780. The molecule has 0 aliphatic heterocycles. The van der Waals surface area contributed by atoms with Gasteiger partial charge in [-0.25, -0.2) is 0 Å². The van der Waals surface area contributed by atoms with Crippen molar-refractivity contribution in [3.05, 3.63) is 18.0 Å². The van der Waals surface area contributed by atoms with E-state index in [0.29, 0.717) is 12.1 Å². The van der Waals surface area contributed by atoms with Crippen LogP contribution in [0.15, 0.2) is 16.8 Å². The number of ether oxygens (including phenoxy) is 1. The predicted octanol–water partition coefficient (Wildman–Crippen LogP) is 1.72. The Labute approximate surface area is 90.0 Å². The number of aromatic nitrogens is 1. The number of methoxy groups -OCH3 is 1. The predicted molar refractivity (Wildman–Crippen MR) is 56.4 cm³/mol. The second-order valence-electron chi connectivity index (χ2n) is 4.07. The lowest BCUT2D eigenvalue weighted by Gasteiger charge is -2.27. The van der Waals surface area contributed by atoms with E-state index >= 15 is 0 Å². The molecule has 0 aromatic carbocycles. The third-order valence-corrected chi connectivity index (χ3v) is 3.06. The molecule has 4 nitrogen and oxygen atoms in total. The first-order valence-electron chi connectivity index (χ1n) is 5.54. The van der Waals surface area contributed by atoms with E-state index in [2.05, 4.69) is 10.5 Å². The van der Waals surface area contributed by atoms with Gasteiger partial charge in [0.15, 0.2) is 0 Å². The van der Waals surface area contributed by atoms with Gasteiger partial charge in [-0.1, -0.05) is 5.16 Å². The Morgan fingerprint density at radius 2 is 2.27 bits per heavy atom. The molecule has 0 spiro atoms. The number of hydrogen-bond acceptors (Lipinski definition) is 4. The largest absolute Gasteiger partial charge is 0.381 e. The summed E-state index contributed by atoms with van der Waals surface area (Å²) < 4.78 is 10.4. The highest BCUT2D eigenvalue weighted by Crippen LogP contribution is 2.20. The first-order chi connectivity index (χ1) is 7.38. The van der Waals surface area contributed by atoms with Crippen LogP contribution in [0, 0.1) is 0 Å². The minimum Gasteiger partial charge on any atom is -0.381 e. The minimum atomic E-state index is 0.466. The van der Waals surface area contributed by atoms with Crippen molar-refractivity contribution < 1.29 is 9.26 Å². The van der Waals surface area contributed by atoms with E-state index < -0.39 is 0 Å². The first kappa shape index (κ1) is 10.6. The summed E-state index contributed by atoms with van der Waals surface area (Å²) in [5, 5.41) is 7.16. The summed E-state index contributed by atoms with van der Waals surface area (Å²) in [4.78, 5) is 0. The van der Waals surface area contributed by atoms with Crippen molar-refractivity contribution in [2.45, 2.75) is 44.4 Å². The fourth-order valence-corrected chi connectivity index (χ4v) is 2.08. The van der Waals surface area contributed by atoms with Gasteiger partial charge in [0.05, 0.1) is 18.8 Å². The summed E-state index contributed by atoms with van der Waals surface area (Å²) in [7, 11) is 1.80. The van der Waals surface area contributed by atoms with Gasteiger partial charge < -0.3 is 14.6 Å². The third kappa shape index (κ3) is 3.04. The van der Waals surface area contributed by atoms with E-state index in [-0.39, 0.29) is 0 Å². The minimum absolute atomic E-state index is 0.466. The average Bonchev–Trinajstić information content (AvgIpc) is 2.80. The van der Waals surface area contributed by atoms with Gasteiger partial charge >= 0.3 is 0 Å². The van der Waals surface area contributed by atoms with Crippen molar-refractivity contribution in [3.63, 3.8) is 0 Å². The normalized spacial score (nSPS) is 26.7. The van der Waals surface area contributed by atoms with Crippen LogP contribution in [0.2, 0.25) is 0 Å². The van der Waals surface area contributed by atoms with E-state index in [4.69, 9.17) is 9.26 Å². The van der Waals surface area contributed by atoms with Crippen LogP contribution in [0.3, 0.4) is 0 Å². The lowest BCUT2D eigenvalue weighted by atomic mass is 9.93. The fraction of sp³-hybridized carbons (Fsp3) is 0.727. The highest BCUT2D eigenvalue weighted by Gasteiger charge is 2.20. The Balaban J connectivity index is 1.69. The van der Waals surface area contributed by atoms with Crippen LogP contribution in [-0.2, 0) is 11.3 Å². The van der Waals surface area contributed by atoms with Gasteiger partial charge in [0, 0.05) is 19.2 Å². The Bertz CT molecular complexity index is 266. The van der Waals surface area contributed by atoms with Gasteiger partial charge in [0.25, 0.3) is 0 Å². The molecule has 1 aromatic heterocycles. The second-order valence-corrected chi connectivity index (χ2v) is 4.07. The zero-order valence-electron chi connectivity index (χ0n) is 9.11. The van der Waals surface area contributed by atoms with Crippen LogP contribution in [0.5, 0.6) is 0 Å². The average molecular weight is 210 g/mol. The zero-order valence-corrected chi connectivity index (χ0v) is 9.11. The van der Waals surface area contributed by atoms with Crippen molar-refractivity contribution >= 4 is 0 Å². The molecule has 1 aliphatic carbocycles. The molecule has 1 aromatic rings. The highest BCUT2D eigenvalue weighted by molar-refractivity contribution is 4.93. The molecule has 4 heteroatoms. The van der Waals surface area contributed by atoms with Crippen molar-refractivity contribution in [1.29, 1.82) is 0 Å². The molecule has 0 radical (unpaired) electrons. The summed E-state index contributed by atoms with van der Waals surface area (Å²) >= 11 is 0. The SMILES string of the molecule is COC1CCC(NCc2ccno2)CC1. The molecule has 84 valence electrons. The molecule has 1 N–H and O–H groups in total. The van der Waals surface area contributed by atoms with Crippen LogP contribution < -0.4 is 5.32 Å². The van der Waals surface area contributed by atoms with Gasteiger partial charge in [0.2, 0.25) is 0 Å². The van der Waals surface area contributed by atoms with E-state index in [1.807, 2.05) is 6.07 Å². The molecule has 0 saturated heterocycles. The topological polar surface area (TPSA) is 47.3 Å². The molecule has 1 fully saturated rings. The lowest BCUT2D eigenvalue weighted by Crippen LogP contribution is -2.34. The monoisotopic (exact) mass is 210 g/mol. The van der Waals surface area contributed by atoms with Gasteiger partial charge in [-0.15, -0.1) is 0 Å². The van der Waals surface area contributed by atoms with Gasteiger partial charge in [-0.3, -0.25) is 0 Å². The molecular weight excluding hydrogens is 192 g/mol. The first-order valence-corrected chi connectivity index (χ1v) is 5.54. The second kappa shape index (κ2) is 5.28. The van der Waals surface area contributed by atoms with E-state index in [1.165, 1.54) is 12.8 Å². The molecule has 1 saturated carbocycles. The Hall–Kier alpha value is -0.870. The van der Waals surface area contributed by atoms with Crippen molar-refractivity contribution in [1.82, 2.24) is 10.5 Å². The molecule has 2 rings (SSSR count). The molecule has 0 unspecified atom stereocenters. The van der Waals surface area contributed by atoms with Gasteiger partial charge in [-0.05, 0) is 25.7 Å². The van der Waals surface area contributed by atoms with Crippen LogP contribution in [0.25, 0.3) is 0 Å². The van der Waals surface area contributed by atoms with Gasteiger partial charge in [-0.2, -0.15) is 0 Å². The summed E-state index contributed by atoms with van der Waals surface area (Å²) in [5.74, 6) is 0.906. The molecule has 0 bridgehead atoms. The van der Waals surface area contributed by atoms with Crippen LogP contribution in [0.1, 0.15) is 31.4 Å². The number of nitrogens with zero attached hydrogens (tertiary/aromatic N) is 1. The molecule has 1 heterocycles. The molecule has 0 atom stereocenters. The molecule has 1 aliphatic rings. The summed E-state index contributed by atoms with van der Waals surface area (Å²) in [6.07, 6.45) is 6.83. The number of rotatable bonds is 4. The van der Waals surface area contributed by atoms with Gasteiger partial charge in [0.1, 0.15) is 5.76 Å². The van der Waals surface area contributed by atoms with E-state index in [0.717, 1.165) is 25.1 Å². The highest BCUT2D eigenvalue weighted by atomic mass is 16.5. The summed E-state index contributed by atoms with van der Waals surface area (Å²) in [6, 6.07) is 2.50. The summed E-state index contributed by atoms with van der Waals surface area (Å²) in [5.41, 5.74) is 0. The standard InChI is InChI=1S/C11H18N2O2/c1-14-10-4-2-9(3-5-10)12-8-11-6-7-13-15-11/h6-7,9-10,12H,2-5,8H2,1H3. The maximum Gasteiger partial charge on any atom is 0.150 e. The Morgan fingerprint density at radius 1 is 1.47 bits per heavy atom.